The summed E-state index contributed by atoms with van der Waals surface area (Å²) in [6.07, 6.45) is 0.678. The molecule has 0 aliphatic carbocycles. The van der Waals surface area contributed by atoms with Crippen molar-refractivity contribution >= 4 is 5.91 Å². The van der Waals surface area contributed by atoms with Crippen molar-refractivity contribution in [3.63, 3.8) is 0 Å². The Morgan fingerprint density at radius 1 is 1.60 bits per heavy atom. The van der Waals surface area contributed by atoms with Crippen LogP contribution in [0.25, 0.3) is 10.4 Å². The Morgan fingerprint density at radius 2 is 2.27 bits per heavy atom. The molecule has 0 fully saturated rings. The Kier molecular flexibility index (Phi) is 7.40. The average Bonchev–Trinajstić information content (AvgIpc) is 2.17. The van der Waals surface area contributed by atoms with E-state index in [2.05, 4.69) is 15.3 Å². The van der Waals surface area contributed by atoms with E-state index < -0.39 is 6.23 Å². The van der Waals surface area contributed by atoms with Gasteiger partial charge in [-0.15, -0.1) is 0 Å². The van der Waals surface area contributed by atoms with Crippen LogP contribution < -0.4 is 5.32 Å². The predicted octanol–water partition coefficient (Wildman–Crippen LogP) is 1.96. The summed E-state index contributed by atoms with van der Waals surface area (Å²) in [4.78, 5) is 14.0. The predicted molar refractivity (Wildman–Crippen MR) is 57.1 cm³/mol. The lowest BCUT2D eigenvalue weighted by molar-refractivity contribution is -0.135. The summed E-state index contributed by atoms with van der Waals surface area (Å²) < 4.78 is 5.15. The molecule has 0 saturated carbocycles. The van der Waals surface area contributed by atoms with Crippen LogP contribution in [0.5, 0.6) is 0 Å². The number of amides is 1. The standard InChI is InChI=1S/C9H18N4O2/c1-4-5-6-11-8(14)9(12-13-10)15-7(2)3/h7,9H,4-6H2,1-3H3,(H,11,14). The molecule has 1 N–H and O–H groups in total. The van der Waals surface area contributed by atoms with Crippen molar-refractivity contribution in [2.75, 3.05) is 6.54 Å². The molecule has 1 amide bonds. The Hall–Kier alpha value is -1.26. The van der Waals surface area contributed by atoms with Gasteiger partial charge in [-0.2, -0.15) is 0 Å². The molecule has 86 valence electrons. The number of carbonyl (C=O) groups excluding carboxylic acids is 1. The summed E-state index contributed by atoms with van der Waals surface area (Å²) in [6, 6.07) is 0. The van der Waals surface area contributed by atoms with Gasteiger partial charge < -0.3 is 10.1 Å². The number of rotatable bonds is 7. The fourth-order valence-corrected chi connectivity index (χ4v) is 0.922. The van der Waals surface area contributed by atoms with Crippen LogP contribution in [0.2, 0.25) is 0 Å². The first-order chi connectivity index (χ1) is 7.11. The van der Waals surface area contributed by atoms with E-state index in [4.69, 9.17) is 10.3 Å². The molecule has 0 radical (unpaired) electrons. The summed E-state index contributed by atoms with van der Waals surface area (Å²) in [5.74, 6) is -0.380. The van der Waals surface area contributed by atoms with Gasteiger partial charge >= 0.3 is 0 Å². The zero-order chi connectivity index (χ0) is 11.7. The van der Waals surface area contributed by atoms with Crippen molar-refractivity contribution in [1.82, 2.24) is 5.32 Å². The molecule has 0 heterocycles. The van der Waals surface area contributed by atoms with Gasteiger partial charge in [-0.05, 0) is 25.8 Å². The first-order valence-corrected chi connectivity index (χ1v) is 5.09. The van der Waals surface area contributed by atoms with Crippen LogP contribution in [-0.2, 0) is 9.53 Å². The smallest absolute Gasteiger partial charge is 0.255 e. The van der Waals surface area contributed by atoms with E-state index in [1.165, 1.54) is 0 Å². The van der Waals surface area contributed by atoms with Crippen LogP contribution in [-0.4, -0.2) is 24.8 Å². The highest BCUT2D eigenvalue weighted by molar-refractivity contribution is 5.80. The second-order valence-corrected chi connectivity index (χ2v) is 3.39. The van der Waals surface area contributed by atoms with Crippen molar-refractivity contribution in [2.24, 2.45) is 5.11 Å². The van der Waals surface area contributed by atoms with Gasteiger partial charge in [-0.3, -0.25) is 4.79 Å². The molecule has 1 atom stereocenters. The van der Waals surface area contributed by atoms with Gasteiger partial charge in [0.2, 0.25) is 6.23 Å². The highest BCUT2D eigenvalue weighted by atomic mass is 16.5. The number of carbonyl (C=O) groups is 1. The van der Waals surface area contributed by atoms with Crippen molar-refractivity contribution in [3.8, 4) is 0 Å². The minimum absolute atomic E-state index is 0.155. The zero-order valence-electron chi connectivity index (χ0n) is 9.43. The quantitative estimate of drug-likeness (QED) is 0.304. The molecule has 0 aliphatic rings. The molecule has 0 aliphatic heterocycles. The average molecular weight is 214 g/mol. The third-order valence-corrected chi connectivity index (χ3v) is 1.61. The monoisotopic (exact) mass is 214 g/mol. The lowest BCUT2D eigenvalue weighted by Gasteiger charge is -2.15. The van der Waals surface area contributed by atoms with E-state index in [9.17, 15) is 4.79 Å². The van der Waals surface area contributed by atoms with Gasteiger partial charge in [0, 0.05) is 11.5 Å². The number of ether oxygens (including phenoxy) is 1. The zero-order valence-corrected chi connectivity index (χ0v) is 9.43. The Labute approximate surface area is 89.6 Å². The topological polar surface area (TPSA) is 87.1 Å². The van der Waals surface area contributed by atoms with Crippen molar-refractivity contribution in [2.45, 2.75) is 45.9 Å². The van der Waals surface area contributed by atoms with Crippen LogP contribution >= 0.6 is 0 Å². The van der Waals surface area contributed by atoms with Crippen LogP contribution in [0.3, 0.4) is 0 Å². The van der Waals surface area contributed by atoms with Crippen molar-refractivity contribution in [3.05, 3.63) is 10.4 Å². The second-order valence-electron chi connectivity index (χ2n) is 3.39. The molecule has 0 spiro atoms. The molecule has 0 aromatic heterocycles. The fourth-order valence-electron chi connectivity index (χ4n) is 0.922. The maximum atomic E-state index is 11.4. The number of nitrogens with one attached hydrogen (secondary N) is 1. The minimum Gasteiger partial charge on any atom is -0.360 e. The van der Waals surface area contributed by atoms with Gasteiger partial charge in [-0.25, -0.2) is 0 Å². The van der Waals surface area contributed by atoms with E-state index in [-0.39, 0.29) is 12.0 Å². The normalized spacial score (nSPS) is 12.0. The first kappa shape index (κ1) is 13.7. The number of hydrogen-bond donors (Lipinski definition) is 1. The van der Waals surface area contributed by atoms with E-state index in [1.54, 1.807) is 13.8 Å². The minimum atomic E-state index is -1.06. The summed E-state index contributed by atoms with van der Waals surface area (Å²) in [7, 11) is 0. The Bertz CT molecular complexity index is 236. The number of nitrogens with zero attached hydrogens (tertiary/aromatic N) is 3. The maximum Gasteiger partial charge on any atom is 0.255 e. The molecule has 0 aromatic carbocycles. The third-order valence-electron chi connectivity index (χ3n) is 1.61. The molecular formula is C9H18N4O2. The molecule has 0 rings (SSSR count). The number of azide groups is 1. The Balaban J connectivity index is 4.10. The van der Waals surface area contributed by atoms with Gasteiger partial charge in [0.05, 0.1) is 6.10 Å². The van der Waals surface area contributed by atoms with Crippen molar-refractivity contribution in [1.29, 1.82) is 0 Å². The first-order valence-electron chi connectivity index (χ1n) is 5.09. The highest BCUT2D eigenvalue weighted by Gasteiger charge is 2.17. The van der Waals surface area contributed by atoms with E-state index in [0.717, 1.165) is 12.8 Å². The van der Waals surface area contributed by atoms with Gasteiger partial charge in [-0.1, -0.05) is 18.5 Å². The lowest BCUT2D eigenvalue weighted by atomic mass is 10.3. The molecular weight excluding hydrogens is 196 g/mol. The van der Waals surface area contributed by atoms with E-state index >= 15 is 0 Å². The molecule has 1 unspecified atom stereocenters. The molecule has 0 aromatic rings. The van der Waals surface area contributed by atoms with Gasteiger partial charge in [0.1, 0.15) is 0 Å². The third kappa shape index (κ3) is 6.76. The summed E-state index contributed by atoms with van der Waals surface area (Å²) in [5, 5.41) is 5.93. The molecule has 6 heteroatoms. The molecule has 0 saturated heterocycles. The summed E-state index contributed by atoms with van der Waals surface area (Å²) >= 11 is 0. The lowest BCUT2D eigenvalue weighted by Crippen LogP contribution is -2.36. The summed E-state index contributed by atoms with van der Waals surface area (Å²) in [5.41, 5.74) is 8.27. The van der Waals surface area contributed by atoms with E-state index in [1.807, 2.05) is 6.92 Å². The van der Waals surface area contributed by atoms with Crippen LogP contribution in [0.15, 0.2) is 5.11 Å². The van der Waals surface area contributed by atoms with Gasteiger partial charge in [0.15, 0.2) is 0 Å². The van der Waals surface area contributed by atoms with E-state index in [0.29, 0.717) is 6.54 Å². The van der Waals surface area contributed by atoms with Crippen LogP contribution in [0, 0.1) is 0 Å². The fraction of sp³-hybridized carbons (Fsp3) is 0.889. The SMILES string of the molecule is CCCCNC(=O)C(N=[N+]=[N-])OC(C)C. The molecule has 15 heavy (non-hydrogen) atoms. The van der Waals surface area contributed by atoms with Crippen LogP contribution in [0.1, 0.15) is 33.6 Å². The largest absolute Gasteiger partial charge is 0.360 e. The van der Waals surface area contributed by atoms with Crippen molar-refractivity contribution < 1.29 is 9.53 Å². The Morgan fingerprint density at radius 3 is 2.73 bits per heavy atom. The second kappa shape index (κ2) is 8.08. The maximum absolute atomic E-state index is 11.4. The molecule has 0 bridgehead atoms. The summed E-state index contributed by atoms with van der Waals surface area (Å²) in [6.45, 7) is 6.16. The van der Waals surface area contributed by atoms with Gasteiger partial charge in [0.25, 0.3) is 5.91 Å². The van der Waals surface area contributed by atoms with Crippen LogP contribution in [0.4, 0.5) is 0 Å². The number of hydrogen-bond acceptors (Lipinski definition) is 3. The molecule has 6 nitrogen and oxygen atoms in total. The highest BCUT2D eigenvalue weighted by Crippen LogP contribution is 2.00. The number of unbranched alkanes of at least 4 members (excludes halogenated alkanes) is 1.